The van der Waals surface area contributed by atoms with Crippen LogP contribution in [0.5, 0.6) is 0 Å². The highest BCUT2D eigenvalue weighted by Gasteiger charge is 2.12. The van der Waals surface area contributed by atoms with Crippen LogP contribution in [0.25, 0.3) is 0 Å². The summed E-state index contributed by atoms with van der Waals surface area (Å²) < 4.78 is 0. The molecule has 0 aromatic heterocycles. The Morgan fingerprint density at radius 1 is 0.778 bits per heavy atom. The van der Waals surface area contributed by atoms with Crippen LogP contribution in [0.15, 0.2) is 0 Å². The Morgan fingerprint density at radius 3 is 1.61 bits per heavy atom. The molecule has 0 spiro atoms. The van der Waals surface area contributed by atoms with Crippen molar-refractivity contribution in [2.45, 2.75) is 89.9 Å². The van der Waals surface area contributed by atoms with Crippen molar-refractivity contribution in [2.24, 2.45) is 0 Å². The van der Waals surface area contributed by atoms with Gasteiger partial charge in [-0.25, -0.2) is 0 Å². The summed E-state index contributed by atoms with van der Waals surface area (Å²) in [5, 5.41) is 21.0. The molecular formula is C15H33NO2. The Balaban J connectivity index is 3.15. The minimum absolute atomic E-state index is 0.168. The summed E-state index contributed by atoms with van der Waals surface area (Å²) in [6.45, 7) is 2.25. The van der Waals surface area contributed by atoms with Gasteiger partial charge in [0.1, 0.15) is 0 Å². The normalized spacial score (nSPS) is 13.2. The van der Waals surface area contributed by atoms with E-state index in [0.717, 1.165) is 12.8 Å². The fourth-order valence-corrected chi connectivity index (χ4v) is 2.29. The maximum absolute atomic E-state index is 9.05. The summed E-state index contributed by atoms with van der Waals surface area (Å²) in [5.41, 5.74) is 0. The largest absolute Gasteiger partial charge is 0.367 e. The van der Waals surface area contributed by atoms with Crippen LogP contribution in [0.1, 0.15) is 77.6 Å². The predicted molar refractivity (Wildman–Crippen MR) is 77.5 cm³/mol. The monoisotopic (exact) mass is 259 g/mol. The first-order valence-electron chi connectivity index (χ1n) is 7.75. The van der Waals surface area contributed by atoms with E-state index in [9.17, 15) is 0 Å². The zero-order chi connectivity index (χ0) is 13.6. The van der Waals surface area contributed by atoms with E-state index >= 15 is 0 Å². The lowest BCUT2D eigenvalue weighted by molar-refractivity contribution is -0.0674. The van der Waals surface area contributed by atoms with Crippen molar-refractivity contribution in [2.75, 3.05) is 7.05 Å². The van der Waals surface area contributed by atoms with E-state index in [1.54, 1.807) is 7.05 Å². The highest BCUT2D eigenvalue weighted by atomic mass is 16.5. The molecule has 1 unspecified atom stereocenters. The van der Waals surface area contributed by atoms with Gasteiger partial charge in [0.2, 0.25) is 0 Å². The Morgan fingerprint density at radius 2 is 1.22 bits per heavy atom. The summed E-state index contributed by atoms with van der Waals surface area (Å²) in [6.07, 6.45) is 12.8. The molecule has 3 heteroatoms. The van der Waals surface area contributed by atoms with Gasteiger partial charge >= 0.3 is 0 Å². The van der Waals surface area contributed by atoms with E-state index in [1.807, 2.05) is 0 Å². The molecule has 0 aliphatic rings. The van der Waals surface area contributed by atoms with Crippen LogP contribution < -0.4 is 5.32 Å². The van der Waals surface area contributed by atoms with Crippen molar-refractivity contribution in [1.82, 2.24) is 5.32 Å². The summed E-state index contributed by atoms with van der Waals surface area (Å²) in [7, 11) is 1.78. The van der Waals surface area contributed by atoms with Crippen molar-refractivity contribution >= 4 is 0 Å². The molecule has 3 N–H and O–H groups in total. The predicted octanol–water partition coefficient (Wildman–Crippen LogP) is 3.20. The molecule has 0 radical (unpaired) electrons. The first-order valence-corrected chi connectivity index (χ1v) is 7.75. The molecule has 0 amide bonds. The summed E-state index contributed by atoms with van der Waals surface area (Å²) in [5.74, 6) is 0. The number of hydrogen-bond donors (Lipinski definition) is 3. The molecule has 0 heterocycles. The van der Waals surface area contributed by atoms with Crippen LogP contribution in [0.4, 0.5) is 0 Å². The maximum Gasteiger partial charge on any atom is 0.167 e. The zero-order valence-electron chi connectivity index (χ0n) is 12.3. The van der Waals surface area contributed by atoms with Crippen LogP contribution in [0, 0.1) is 0 Å². The molecule has 0 fully saturated rings. The Labute approximate surface area is 113 Å². The molecule has 0 aliphatic heterocycles. The smallest absolute Gasteiger partial charge is 0.167 e. The number of aliphatic hydroxyl groups is 2. The lowest BCUT2D eigenvalue weighted by Crippen LogP contribution is -2.37. The molecule has 18 heavy (non-hydrogen) atoms. The maximum atomic E-state index is 9.05. The van der Waals surface area contributed by atoms with Gasteiger partial charge in [0.15, 0.2) is 6.29 Å². The highest BCUT2D eigenvalue weighted by Crippen LogP contribution is 2.12. The lowest BCUT2D eigenvalue weighted by atomic mass is 10.0. The number of likely N-dealkylation sites (N-methyl/N-ethyl adjacent to an activating group) is 1. The van der Waals surface area contributed by atoms with Gasteiger partial charge < -0.3 is 15.5 Å². The minimum atomic E-state index is -1.23. The number of hydrogen-bond acceptors (Lipinski definition) is 3. The molecule has 0 aliphatic carbocycles. The molecule has 0 saturated carbocycles. The van der Waals surface area contributed by atoms with Crippen molar-refractivity contribution < 1.29 is 10.2 Å². The summed E-state index contributed by atoms with van der Waals surface area (Å²) in [4.78, 5) is 0. The van der Waals surface area contributed by atoms with Gasteiger partial charge in [-0.05, 0) is 13.5 Å². The van der Waals surface area contributed by atoms with Crippen LogP contribution in [0.2, 0.25) is 0 Å². The molecule has 110 valence electrons. The Hall–Kier alpha value is -0.120. The van der Waals surface area contributed by atoms with Crippen molar-refractivity contribution in [1.29, 1.82) is 0 Å². The molecule has 1 atom stereocenters. The van der Waals surface area contributed by atoms with Crippen molar-refractivity contribution in [3.8, 4) is 0 Å². The fourth-order valence-electron chi connectivity index (χ4n) is 2.29. The van der Waals surface area contributed by atoms with Gasteiger partial charge in [-0.1, -0.05) is 71.1 Å². The molecule has 0 aromatic carbocycles. The van der Waals surface area contributed by atoms with E-state index in [-0.39, 0.29) is 6.04 Å². The topological polar surface area (TPSA) is 52.5 Å². The van der Waals surface area contributed by atoms with E-state index in [1.165, 1.54) is 57.8 Å². The van der Waals surface area contributed by atoms with Crippen molar-refractivity contribution in [3.05, 3.63) is 0 Å². The molecular weight excluding hydrogens is 226 g/mol. The Bertz CT molecular complexity index is 163. The average Bonchev–Trinajstić information content (AvgIpc) is 2.35. The van der Waals surface area contributed by atoms with E-state index in [2.05, 4.69) is 12.2 Å². The standard InChI is InChI=1S/C15H33NO2/c1-3-4-5-6-7-8-9-10-11-12-13-14(16-2)15(17)18/h14-18H,3-13H2,1-2H3. The van der Waals surface area contributed by atoms with Gasteiger partial charge in [0, 0.05) is 0 Å². The molecule has 0 saturated heterocycles. The second kappa shape index (κ2) is 13.3. The van der Waals surface area contributed by atoms with E-state index < -0.39 is 6.29 Å². The minimum Gasteiger partial charge on any atom is -0.367 e. The quantitative estimate of drug-likeness (QED) is 0.352. The molecule has 0 rings (SSSR count). The zero-order valence-corrected chi connectivity index (χ0v) is 12.3. The number of unbranched alkanes of at least 4 members (excludes halogenated alkanes) is 9. The van der Waals surface area contributed by atoms with E-state index in [0.29, 0.717) is 0 Å². The third-order valence-corrected chi connectivity index (χ3v) is 3.60. The second-order valence-electron chi connectivity index (χ2n) is 5.28. The van der Waals surface area contributed by atoms with Crippen LogP contribution >= 0.6 is 0 Å². The summed E-state index contributed by atoms with van der Waals surface area (Å²) >= 11 is 0. The van der Waals surface area contributed by atoms with Crippen molar-refractivity contribution in [3.63, 3.8) is 0 Å². The average molecular weight is 259 g/mol. The van der Waals surface area contributed by atoms with Crippen LogP contribution in [0.3, 0.4) is 0 Å². The molecule has 0 aromatic rings. The van der Waals surface area contributed by atoms with Gasteiger partial charge in [0.05, 0.1) is 6.04 Å². The van der Waals surface area contributed by atoms with Gasteiger partial charge in [-0.15, -0.1) is 0 Å². The Kier molecular flexibility index (Phi) is 13.2. The highest BCUT2D eigenvalue weighted by molar-refractivity contribution is 4.65. The van der Waals surface area contributed by atoms with Crippen LogP contribution in [-0.4, -0.2) is 29.6 Å². The number of nitrogens with one attached hydrogen (secondary N) is 1. The number of rotatable bonds is 13. The summed E-state index contributed by atoms with van der Waals surface area (Å²) in [6, 6.07) is -0.168. The molecule has 0 bridgehead atoms. The first kappa shape index (κ1) is 17.9. The number of aliphatic hydroxyl groups excluding tert-OH is 1. The molecule has 3 nitrogen and oxygen atoms in total. The third-order valence-electron chi connectivity index (χ3n) is 3.60. The second-order valence-corrected chi connectivity index (χ2v) is 5.28. The van der Waals surface area contributed by atoms with Gasteiger partial charge in [0.25, 0.3) is 0 Å². The fraction of sp³-hybridized carbons (Fsp3) is 1.00. The lowest BCUT2D eigenvalue weighted by Gasteiger charge is -2.17. The SMILES string of the molecule is CCCCCCCCCCCCC(NC)C(O)O. The van der Waals surface area contributed by atoms with E-state index in [4.69, 9.17) is 10.2 Å². The first-order chi connectivity index (χ1) is 8.72. The van der Waals surface area contributed by atoms with Gasteiger partial charge in [-0.2, -0.15) is 0 Å². The van der Waals surface area contributed by atoms with Crippen LogP contribution in [-0.2, 0) is 0 Å². The van der Waals surface area contributed by atoms with Gasteiger partial charge in [-0.3, -0.25) is 0 Å². The third kappa shape index (κ3) is 11.0.